The van der Waals surface area contributed by atoms with Crippen molar-refractivity contribution < 1.29 is 22.7 Å². The van der Waals surface area contributed by atoms with Crippen LogP contribution in [0.1, 0.15) is 5.56 Å². The number of hydrogen-bond acceptors (Lipinski definition) is 5. The van der Waals surface area contributed by atoms with E-state index >= 15 is 0 Å². The van der Waals surface area contributed by atoms with E-state index in [0.717, 1.165) is 11.3 Å². The predicted molar refractivity (Wildman–Crippen MR) is 101 cm³/mol. The number of carbonyl (C=O) groups is 1. The molecule has 0 aliphatic rings. The van der Waals surface area contributed by atoms with Crippen molar-refractivity contribution in [3.05, 3.63) is 54.1 Å². The highest BCUT2D eigenvalue weighted by Gasteiger charge is 2.07. The van der Waals surface area contributed by atoms with Crippen LogP contribution in [0.4, 0.5) is 4.79 Å². The zero-order valence-corrected chi connectivity index (χ0v) is 15.8. The maximum atomic E-state index is 11.7. The quantitative estimate of drug-likeness (QED) is 0.554. The van der Waals surface area contributed by atoms with E-state index in [9.17, 15) is 13.2 Å². The molecule has 0 aliphatic carbocycles. The Bertz CT molecular complexity index is 836. The van der Waals surface area contributed by atoms with Crippen molar-refractivity contribution in [3.8, 4) is 11.5 Å². The van der Waals surface area contributed by atoms with E-state index in [1.165, 1.54) is 12.1 Å². The van der Waals surface area contributed by atoms with Gasteiger partial charge in [-0.3, -0.25) is 0 Å². The highest BCUT2D eigenvalue weighted by Crippen LogP contribution is 2.16. The smallest absolute Gasteiger partial charge is 0.314 e. The molecule has 0 bridgehead atoms. The first kappa shape index (κ1) is 20.5. The molecule has 0 heterocycles. The van der Waals surface area contributed by atoms with Gasteiger partial charge in [-0.1, -0.05) is 12.1 Å². The third kappa shape index (κ3) is 7.16. The second-order valence-electron chi connectivity index (χ2n) is 5.65. The van der Waals surface area contributed by atoms with Gasteiger partial charge in [0.1, 0.15) is 18.1 Å². The highest BCUT2D eigenvalue weighted by atomic mass is 32.2. The number of sulfonamides is 1. The number of nitrogens with two attached hydrogens (primary N) is 1. The number of urea groups is 1. The lowest BCUT2D eigenvalue weighted by Gasteiger charge is -2.09. The number of rotatable bonds is 9. The van der Waals surface area contributed by atoms with Crippen LogP contribution in [0.5, 0.6) is 11.5 Å². The van der Waals surface area contributed by atoms with Gasteiger partial charge in [0.15, 0.2) is 0 Å². The van der Waals surface area contributed by atoms with Gasteiger partial charge in [-0.05, 0) is 48.4 Å². The van der Waals surface area contributed by atoms with E-state index in [4.69, 9.17) is 14.6 Å². The summed E-state index contributed by atoms with van der Waals surface area (Å²) in [4.78, 5) is 11.8. The predicted octanol–water partition coefficient (Wildman–Crippen LogP) is 1.26. The molecule has 2 rings (SSSR count). The van der Waals surface area contributed by atoms with E-state index < -0.39 is 10.0 Å². The summed E-state index contributed by atoms with van der Waals surface area (Å²) in [6.45, 7) is 1.12. The normalized spacial score (nSPS) is 10.9. The molecule has 4 N–H and O–H groups in total. The fraction of sp³-hybridized carbons (Fsp3) is 0.278. The van der Waals surface area contributed by atoms with E-state index in [1.54, 1.807) is 43.5 Å². The minimum atomic E-state index is -3.69. The monoisotopic (exact) mass is 393 g/mol. The van der Waals surface area contributed by atoms with Crippen LogP contribution >= 0.6 is 0 Å². The molecule has 2 aromatic rings. The second kappa shape index (κ2) is 9.79. The summed E-state index contributed by atoms with van der Waals surface area (Å²) < 4.78 is 33.0. The van der Waals surface area contributed by atoms with Crippen LogP contribution in [-0.4, -0.2) is 41.3 Å². The lowest BCUT2D eigenvalue weighted by Crippen LogP contribution is -2.38. The lowest BCUT2D eigenvalue weighted by molar-refractivity contribution is 0.236. The number of ether oxygens (including phenoxy) is 2. The van der Waals surface area contributed by atoms with Gasteiger partial charge >= 0.3 is 6.03 Å². The van der Waals surface area contributed by atoms with Crippen molar-refractivity contribution in [2.75, 3.05) is 26.8 Å². The van der Waals surface area contributed by atoms with Crippen LogP contribution in [0, 0.1) is 0 Å². The number of carbonyl (C=O) groups excluding carboxylic acids is 1. The molecule has 0 fully saturated rings. The molecule has 27 heavy (non-hydrogen) atoms. The molecule has 0 spiro atoms. The van der Waals surface area contributed by atoms with Crippen LogP contribution in [-0.2, 0) is 16.4 Å². The summed E-state index contributed by atoms with van der Waals surface area (Å²) in [5, 5.41) is 10.5. The average molecular weight is 393 g/mol. The Balaban J connectivity index is 1.61. The molecular formula is C18H23N3O5S. The number of methoxy groups -OCH3 is 1. The van der Waals surface area contributed by atoms with Gasteiger partial charge in [0.2, 0.25) is 10.0 Å². The summed E-state index contributed by atoms with van der Waals surface area (Å²) in [6.07, 6.45) is 0.570. The van der Waals surface area contributed by atoms with Crippen LogP contribution in [0.3, 0.4) is 0 Å². The van der Waals surface area contributed by atoms with Crippen molar-refractivity contribution in [1.29, 1.82) is 0 Å². The van der Waals surface area contributed by atoms with Crippen LogP contribution in [0.15, 0.2) is 53.4 Å². The molecule has 0 saturated heterocycles. The Hall–Kier alpha value is -2.78. The second-order valence-corrected chi connectivity index (χ2v) is 7.21. The minimum Gasteiger partial charge on any atom is -0.497 e. The van der Waals surface area contributed by atoms with Crippen molar-refractivity contribution in [1.82, 2.24) is 10.6 Å². The van der Waals surface area contributed by atoms with E-state index in [-0.39, 0.29) is 10.9 Å². The molecule has 0 aliphatic heterocycles. The summed E-state index contributed by atoms with van der Waals surface area (Å²) >= 11 is 0. The largest absolute Gasteiger partial charge is 0.497 e. The maximum absolute atomic E-state index is 11.7. The Morgan fingerprint density at radius 3 is 2.15 bits per heavy atom. The molecule has 0 radical (unpaired) electrons. The number of primary sulfonamides is 1. The summed E-state index contributed by atoms with van der Waals surface area (Å²) in [5.74, 6) is 1.44. The van der Waals surface area contributed by atoms with E-state index in [0.29, 0.717) is 31.9 Å². The van der Waals surface area contributed by atoms with Crippen molar-refractivity contribution >= 4 is 16.1 Å². The third-order valence-corrected chi connectivity index (χ3v) is 4.60. The van der Waals surface area contributed by atoms with Gasteiger partial charge in [-0.15, -0.1) is 0 Å². The summed E-state index contributed by atoms with van der Waals surface area (Å²) in [5.41, 5.74) is 0.894. The molecule has 8 nitrogen and oxygen atoms in total. The molecule has 0 saturated carbocycles. The minimum absolute atomic E-state index is 0.0637. The van der Waals surface area contributed by atoms with Crippen LogP contribution in [0.2, 0.25) is 0 Å². The van der Waals surface area contributed by atoms with Crippen molar-refractivity contribution in [2.24, 2.45) is 5.14 Å². The zero-order valence-electron chi connectivity index (χ0n) is 15.0. The van der Waals surface area contributed by atoms with Crippen molar-refractivity contribution in [2.45, 2.75) is 11.3 Å². The molecule has 2 amide bonds. The Labute approximate surface area is 158 Å². The Kier molecular flexibility index (Phi) is 7.44. The summed E-state index contributed by atoms with van der Waals surface area (Å²) in [6, 6.07) is 13.1. The van der Waals surface area contributed by atoms with Gasteiger partial charge in [0.25, 0.3) is 0 Å². The van der Waals surface area contributed by atoms with Gasteiger partial charge < -0.3 is 20.1 Å². The molecule has 9 heteroatoms. The van der Waals surface area contributed by atoms with Crippen LogP contribution in [0.25, 0.3) is 0 Å². The maximum Gasteiger partial charge on any atom is 0.314 e. The van der Waals surface area contributed by atoms with Gasteiger partial charge in [0.05, 0.1) is 18.6 Å². The van der Waals surface area contributed by atoms with Gasteiger partial charge in [-0.2, -0.15) is 0 Å². The third-order valence-electron chi connectivity index (χ3n) is 3.67. The molecule has 0 atom stereocenters. The number of hydrogen-bond donors (Lipinski definition) is 3. The lowest BCUT2D eigenvalue weighted by atomic mass is 10.1. The van der Waals surface area contributed by atoms with Gasteiger partial charge in [0, 0.05) is 6.54 Å². The SMILES string of the molecule is COc1ccc(OCCNC(=O)NCCc2ccc(S(N)(=O)=O)cc2)cc1. The van der Waals surface area contributed by atoms with E-state index in [2.05, 4.69) is 10.6 Å². The molecule has 0 unspecified atom stereocenters. The van der Waals surface area contributed by atoms with E-state index in [1.807, 2.05) is 0 Å². The zero-order chi connectivity index (χ0) is 19.7. The van der Waals surface area contributed by atoms with Crippen molar-refractivity contribution in [3.63, 3.8) is 0 Å². The fourth-order valence-electron chi connectivity index (χ4n) is 2.23. The molecule has 2 aromatic carbocycles. The topological polar surface area (TPSA) is 120 Å². The first-order valence-corrected chi connectivity index (χ1v) is 9.83. The number of benzene rings is 2. The Morgan fingerprint density at radius 1 is 0.963 bits per heavy atom. The summed E-state index contributed by atoms with van der Waals surface area (Å²) in [7, 11) is -2.09. The Morgan fingerprint density at radius 2 is 1.56 bits per heavy atom. The van der Waals surface area contributed by atoms with Gasteiger partial charge in [-0.25, -0.2) is 18.4 Å². The first-order chi connectivity index (χ1) is 12.9. The number of amides is 2. The molecule has 146 valence electrons. The standard InChI is InChI=1S/C18H23N3O5S/c1-25-15-4-6-16(7-5-15)26-13-12-21-18(22)20-11-10-14-2-8-17(9-3-14)27(19,23)24/h2-9H,10-13H2,1H3,(H2,19,23,24)(H2,20,21,22). The average Bonchev–Trinajstić information content (AvgIpc) is 2.65. The fourth-order valence-corrected chi connectivity index (χ4v) is 2.75. The first-order valence-electron chi connectivity index (χ1n) is 8.29. The molecular weight excluding hydrogens is 370 g/mol. The number of nitrogens with one attached hydrogen (secondary N) is 2. The highest BCUT2D eigenvalue weighted by molar-refractivity contribution is 7.89. The van der Waals surface area contributed by atoms with Crippen LogP contribution < -0.4 is 25.2 Å². The molecule has 0 aromatic heterocycles.